The fourth-order valence-electron chi connectivity index (χ4n) is 8.16. The maximum Gasteiger partial charge on any atom is 0.162 e. The lowest BCUT2D eigenvalue weighted by Crippen LogP contribution is -2.58. The molecule has 0 N–H and O–H groups in total. The van der Waals surface area contributed by atoms with Gasteiger partial charge >= 0.3 is 0 Å². The van der Waals surface area contributed by atoms with Gasteiger partial charge in [-0.2, -0.15) is 0 Å². The minimum atomic E-state index is -0.732. The van der Waals surface area contributed by atoms with Crippen LogP contribution >= 0.6 is 0 Å². The molecule has 158 valence electrons. The van der Waals surface area contributed by atoms with Crippen LogP contribution in [0.3, 0.4) is 0 Å². The van der Waals surface area contributed by atoms with Gasteiger partial charge in [0.15, 0.2) is 11.6 Å². The molecule has 5 aliphatic carbocycles. The Balaban J connectivity index is 1.57. The van der Waals surface area contributed by atoms with Crippen LogP contribution in [0.5, 0.6) is 0 Å². The summed E-state index contributed by atoms with van der Waals surface area (Å²) in [6.45, 7) is 8.78. The first-order valence-electron chi connectivity index (χ1n) is 11.5. The van der Waals surface area contributed by atoms with Crippen molar-refractivity contribution in [1.29, 1.82) is 0 Å². The number of hydrogen-bond acceptors (Lipinski definition) is 3. The van der Waals surface area contributed by atoms with Crippen LogP contribution in [0, 0.1) is 40.4 Å². The Hall–Kier alpha value is -1.29. The molecule has 8 atom stereocenters. The highest BCUT2D eigenvalue weighted by Crippen LogP contribution is 2.72. The summed E-state index contributed by atoms with van der Waals surface area (Å²) in [5, 5.41) is 0. The van der Waals surface area contributed by atoms with Gasteiger partial charge in [0.25, 0.3) is 0 Å². The van der Waals surface area contributed by atoms with Crippen LogP contribution in [0.2, 0.25) is 0 Å². The Bertz CT molecular complexity index is 843. The van der Waals surface area contributed by atoms with E-state index in [1.807, 2.05) is 6.08 Å². The van der Waals surface area contributed by atoms with Crippen molar-refractivity contribution in [3.05, 3.63) is 23.6 Å². The number of carbonyl (C=O) groups is 2. The highest BCUT2D eigenvalue weighted by atomic mass is 19.1. The first-order chi connectivity index (χ1) is 13.7. The zero-order valence-corrected chi connectivity index (χ0v) is 18.1. The lowest BCUT2D eigenvalue weighted by atomic mass is 9.47. The minimum absolute atomic E-state index is 0.108. The van der Waals surface area contributed by atoms with E-state index >= 15 is 4.39 Å². The molecule has 0 amide bonds. The Kier molecular flexibility index (Phi) is 4.15. The molecular weight excluding hydrogens is 367 g/mol. The lowest BCUT2D eigenvalue weighted by Gasteiger charge is -2.57. The van der Waals surface area contributed by atoms with Crippen molar-refractivity contribution in [3.63, 3.8) is 0 Å². The van der Waals surface area contributed by atoms with E-state index in [0.717, 1.165) is 38.5 Å². The Morgan fingerprint density at radius 1 is 1.21 bits per heavy atom. The van der Waals surface area contributed by atoms with E-state index in [1.54, 1.807) is 13.0 Å². The van der Waals surface area contributed by atoms with E-state index < -0.39 is 5.60 Å². The summed E-state index contributed by atoms with van der Waals surface area (Å²) in [6.07, 6.45) is 8.78. The SMILES string of the molecule is CCCO[C@]1(C(C)=O)CC[C@H]2[C@@H]3C=C(F)C4=CC(=O)C5CC5[C@@]4(C)[C@@H]3CC[C@@]21C. The number of ketones is 2. The molecule has 3 saturated carbocycles. The third-order valence-corrected chi connectivity index (χ3v) is 9.73. The number of fused-ring (bicyclic) bond motifs is 7. The van der Waals surface area contributed by atoms with Crippen LogP contribution in [0.25, 0.3) is 0 Å². The number of halogens is 1. The summed E-state index contributed by atoms with van der Waals surface area (Å²) in [6, 6.07) is 0. The van der Waals surface area contributed by atoms with E-state index in [9.17, 15) is 9.59 Å². The van der Waals surface area contributed by atoms with Crippen molar-refractivity contribution >= 4 is 11.6 Å². The maximum absolute atomic E-state index is 15.4. The second kappa shape index (κ2) is 6.12. The number of Topliss-reactive ketones (excluding diaryl/α,β-unsaturated/α-hetero) is 1. The van der Waals surface area contributed by atoms with Gasteiger partial charge < -0.3 is 4.74 Å². The fourth-order valence-corrected chi connectivity index (χ4v) is 8.16. The molecule has 5 aliphatic rings. The molecule has 4 heteroatoms. The summed E-state index contributed by atoms with van der Waals surface area (Å²) < 4.78 is 21.7. The molecule has 0 aromatic rings. The molecule has 29 heavy (non-hydrogen) atoms. The van der Waals surface area contributed by atoms with E-state index in [0.29, 0.717) is 24.0 Å². The second-order valence-corrected chi connectivity index (χ2v) is 10.7. The topological polar surface area (TPSA) is 43.4 Å². The normalized spacial score (nSPS) is 50.0. The molecule has 0 bridgehead atoms. The summed E-state index contributed by atoms with van der Waals surface area (Å²) >= 11 is 0. The average molecular weight is 401 g/mol. The van der Waals surface area contributed by atoms with Crippen molar-refractivity contribution in [2.45, 2.75) is 71.8 Å². The molecule has 5 rings (SSSR count). The maximum atomic E-state index is 15.4. The van der Waals surface area contributed by atoms with Gasteiger partial charge in [0.2, 0.25) is 0 Å². The van der Waals surface area contributed by atoms with E-state index in [-0.39, 0.29) is 46.0 Å². The number of ether oxygens (including phenoxy) is 1. The molecule has 0 heterocycles. The van der Waals surface area contributed by atoms with Crippen LogP contribution in [-0.2, 0) is 14.3 Å². The Labute approximate surface area is 173 Å². The zero-order chi connectivity index (χ0) is 20.8. The molecular formula is C25H33FO3. The van der Waals surface area contributed by atoms with Crippen LogP contribution in [0.15, 0.2) is 23.6 Å². The van der Waals surface area contributed by atoms with Crippen molar-refractivity contribution in [1.82, 2.24) is 0 Å². The summed E-state index contributed by atoms with van der Waals surface area (Å²) in [5.74, 6) is 1.19. The van der Waals surface area contributed by atoms with Crippen molar-refractivity contribution in [3.8, 4) is 0 Å². The zero-order valence-electron chi connectivity index (χ0n) is 18.1. The van der Waals surface area contributed by atoms with Gasteiger partial charge in [0, 0.05) is 23.4 Å². The second-order valence-electron chi connectivity index (χ2n) is 10.7. The van der Waals surface area contributed by atoms with Gasteiger partial charge in [0.05, 0.1) is 0 Å². The van der Waals surface area contributed by atoms with Gasteiger partial charge in [-0.1, -0.05) is 20.8 Å². The predicted octanol–water partition coefficient (Wildman–Crippen LogP) is 5.20. The molecule has 0 aliphatic heterocycles. The van der Waals surface area contributed by atoms with Gasteiger partial charge in [-0.05, 0) is 86.8 Å². The smallest absolute Gasteiger partial charge is 0.162 e. The highest BCUT2D eigenvalue weighted by Gasteiger charge is 2.69. The van der Waals surface area contributed by atoms with Crippen LogP contribution in [0.4, 0.5) is 4.39 Å². The van der Waals surface area contributed by atoms with E-state index in [1.165, 1.54) is 0 Å². The third-order valence-electron chi connectivity index (χ3n) is 9.73. The molecule has 0 radical (unpaired) electrons. The van der Waals surface area contributed by atoms with Crippen molar-refractivity contribution < 1.29 is 18.7 Å². The Morgan fingerprint density at radius 3 is 2.62 bits per heavy atom. The molecule has 0 aromatic carbocycles. The first-order valence-corrected chi connectivity index (χ1v) is 11.5. The number of hydrogen-bond donors (Lipinski definition) is 0. The molecule has 3 nitrogen and oxygen atoms in total. The molecule has 0 spiro atoms. The number of rotatable bonds is 4. The molecule has 0 saturated heterocycles. The van der Waals surface area contributed by atoms with Crippen LogP contribution < -0.4 is 0 Å². The Morgan fingerprint density at radius 2 is 1.93 bits per heavy atom. The quantitative estimate of drug-likeness (QED) is 0.651. The minimum Gasteiger partial charge on any atom is -0.367 e. The third kappa shape index (κ3) is 2.27. The van der Waals surface area contributed by atoms with Crippen molar-refractivity contribution in [2.75, 3.05) is 6.61 Å². The number of carbonyl (C=O) groups excluding carboxylic acids is 2. The van der Waals surface area contributed by atoms with Gasteiger partial charge in [-0.25, -0.2) is 4.39 Å². The summed E-state index contributed by atoms with van der Waals surface area (Å²) in [5.41, 5.74) is -0.569. The van der Waals surface area contributed by atoms with Gasteiger partial charge in [-0.15, -0.1) is 0 Å². The monoisotopic (exact) mass is 400 g/mol. The van der Waals surface area contributed by atoms with E-state index in [4.69, 9.17) is 4.74 Å². The first kappa shape index (κ1) is 19.7. The van der Waals surface area contributed by atoms with E-state index in [2.05, 4.69) is 20.8 Å². The summed E-state index contributed by atoms with van der Waals surface area (Å²) in [7, 11) is 0. The largest absolute Gasteiger partial charge is 0.367 e. The summed E-state index contributed by atoms with van der Waals surface area (Å²) in [4.78, 5) is 25.2. The molecule has 3 fully saturated rings. The van der Waals surface area contributed by atoms with Gasteiger partial charge in [-0.3, -0.25) is 9.59 Å². The highest BCUT2D eigenvalue weighted by molar-refractivity contribution is 5.97. The van der Waals surface area contributed by atoms with Crippen LogP contribution in [0.1, 0.15) is 66.2 Å². The lowest BCUT2D eigenvalue weighted by molar-refractivity contribution is -0.172. The molecule has 2 unspecified atom stereocenters. The van der Waals surface area contributed by atoms with Crippen LogP contribution in [-0.4, -0.2) is 23.8 Å². The fraction of sp³-hybridized carbons (Fsp3) is 0.760. The van der Waals surface area contributed by atoms with Crippen molar-refractivity contribution in [2.24, 2.45) is 40.4 Å². The average Bonchev–Trinajstić information content (AvgIpc) is 3.42. The number of allylic oxidation sites excluding steroid dienone is 4. The standard InChI is InChI=1S/C25H33FO3/c1-5-10-29-25(14(2)27)9-7-17-15-12-21(26)20-13-22(28)16-11-19(16)24(20,4)18(15)6-8-23(17,25)3/h12-13,15-19H,5-11H2,1-4H3/t15-,16?,17-,18+,19?,23-,24+,25-/m0/s1. The predicted molar refractivity (Wildman–Crippen MR) is 109 cm³/mol. The molecule has 0 aromatic heterocycles. The van der Waals surface area contributed by atoms with Gasteiger partial charge in [0.1, 0.15) is 11.4 Å².